The van der Waals surface area contributed by atoms with Crippen molar-refractivity contribution in [2.45, 2.75) is 45.6 Å². The van der Waals surface area contributed by atoms with Gasteiger partial charge in [0.25, 0.3) is 0 Å². The number of nitrogens with one attached hydrogen (secondary N) is 1. The monoisotopic (exact) mass is 339 g/mol. The molecule has 1 aliphatic rings. The van der Waals surface area contributed by atoms with Gasteiger partial charge in [0.05, 0.1) is 6.61 Å². The van der Waals surface area contributed by atoms with Crippen molar-refractivity contribution < 1.29 is 4.74 Å². The van der Waals surface area contributed by atoms with Crippen LogP contribution >= 0.6 is 15.9 Å². The van der Waals surface area contributed by atoms with Gasteiger partial charge in [0.1, 0.15) is 5.75 Å². The van der Waals surface area contributed by atoms with E-state index in [9.17, 15) is 0 Å². The first-order chi connectivity index (χ1) is 9.63. The SMILES string of the molecule is CC(C)CC(CCOc1cccc(Br)c1)CNC1CC1. The highest BCUT2D eigenvalue weighted by Crippen LogP contribution is 2.22. The molecule has 112 valence electrons. The summed E-state index contributed by atoms with van der Waals surface area (Å²) in [5.74, 6) is 2.44. The topological polar surface area (TPSA) is 21.3 Å². The van der Waals surface area contributed by atoms with Gasteiger partial charge in [-0.3, -0.25) is 0 Å². The lowest BCUT2D eigenvalue weighted by atomic mass is 9.94. The maximum atomic E-state index is 5.86. The predicted octanol–water partition coefficient (Wildman–Crippen LogP) is 4.63. The van der Waals surface area contributed by atoms with Crippen molar-refractivity contribution in [3.8, 4) is 5.75 Å². The quantitative estimate of drug-likeness (QED) is 0.707. The van der Waals surface area contributed by atoms with Gasteiger partial charge in [0, 0.05) is 10.5 Å². The maximum Gasteiger partial charge on any atom is 0.120 e. The molecule has 0 bridgehead atoms. The number of ether oxygens (including phenoxy) is 1. The van der Waals surface area contributed by atoms with E-state index in [1.807, 2.05) is 24.3 Å². The molecule has 20 heavy (non-hydrogen) atoms. The molecule has 3 heteroatoms. The Kier molecular flexibility index (Phi) is 6.37. The smallest absolute Gasteiger partial charge is 0.120 e. The minimum atomic E-state index is 0.725. The van der Waals surface area contributed by atoms with Crippen LogP contribution in [0.5, 0.6) is 5.75 Å². The molecule has 0 saturated heterocycles. The molecule has 0 radical (unpaired) electrons. The zero-order valence-corrected chi connectivity index (χ0v) is 14.2. The Labute approximate surface area is 131 Å². The molecular weight excluding hydrogens is 314 g/mol. The summed E-state index contributed by atoms with van der Waals surface area (Å²) in [4.78, 5) is 0. The Morgan fingerprint density at radius 3 is 2.80 bits per heavy atom. The van der Waals surface area contributed by atoms with E-state index in [0.29, 0.717) is 0 Å². The van der Waals surface area contributed by atoms with E-state index < -0.39 is 0 Å². The van der Waals surface area contributed by atoms with Gasteiger partial charge >= 0.3 is 0 Å². The minimum absolute atomic E-state index is 0.725. The van der Waals surface area contributed by atoms with Crippen LogP contribution in [0, 0.1) is 11.8 Å². The second kappa shape index (κ2) is 8.04. The highest BCUT2D eigenvalue weighted by Gasteiger charge is 2.22. The van der Waals surface area contributed by atoms with Crippen LogP contribution in [0.3, 0.4) is 0 Å². The molecule has 2 rings (SSSR count). The summed E-state index contributed by atoms with van der Waals surface area (Å²) in [7, 11) is 0. The van der Waals surface area contributed by atoms with Crippen molar-refractivity contribution in [2.75, 3.05) is 13.2 Å². The van der Waals surface area contributed by atoms with Gasteiger partial charge in [-0.15, -0.1) is 0 Å². The van der Waals surface area contributed by atoms with Crippen LogP contribution in [0.1, 0.15) is 39.5 Å². The predicted molar refractivity (Wildman–Crippen MR) is 88.2 cm³/mol. The average Bonchev–Trinajstić information content (AvgIpc) is 3.19. The molecule has 1 aromatic carbocycles. The van der Waals surface area contributed by atoms with Gasteiger partial charge < -0.3 is 10.1 Å². The van der Waals surface area contributed by atoms with Crippen LogP contribution < -0.4 is 10.1 Å². The molecule has 0 aliphatic heterocycles. The van der Waals surface area contributed by atoms with Crippen LogP contribution in [0.15, 0.2) is 28.7 Å². The van der Waals surface area contributed by atoms with Crippen LogP contribution in [0.25, 0.3) is 0 Å². The number of hydrogen-bond donors (Lipinski definition) is 1. The number of hydrogen-bond acceptors (Lipinski definition) is 2. The van der Waals surface area contributed by atoms with Crippen molar-refractivity contribution in [3.05, 3.63) is 28.7 Å². The first-order valence-corrected chi connectivity index (χ1v) is 8.54. The summed E-state index contributed by atoms with van der Waals surface area (Å²) >= 11 is 3.47. The Hall–Kier alpha value is -0.540. The molecule has 1 aliphatic carbocycles. The summed E-state index contributed by atoms with van der Waals surface area (Å²) in [5.41, 5.74) is 0. The van der Waals surface area contributed by atoms with Crippen molar-refractivity contribution in [1.82, 2.24) is 5.32 Å². The second-order valence-electron chi connectivity index (χ2n) is 6.27. The fourth-order valence-electron chi connectivity index (χ4n) is 2.49. The third-order valence-electron chi connectivity index (χ3n) is 3.67. The molecular formula is C17H26BrNO. The molecule has 0 aromatic heterocycles. The first-order valence-electron chi connectivity index (χ1n) is 7.75. The normalized spacial score (nSPS) is 16.4. The van der Waals surface area contributed by atoms with Gasteiger partial charge in [-0.2, -0.15) is 0 Å². The van der Waals surface area contributed by atoms with Crippen LogP contribution in [-0.4, -0.2) is 19.2 Å². The van der Waals surface area contributed by atoms with E-state index in [0.717, 1.165) is 47.7 Å². The molecule has 2 nitrogen and oxygen atoms in total. The van der Waals surface area contributed by atoms with Crippen LogP contribution in [-0.2, 0) is 0 Å². The Bertz CT molecular complexity index is 404. The molecule has 1 saturated carbocycles. The molecule has 1 atom stereocenters. The highest BCUT2D eigenvalue weighted by atomic mass is 79.9. The number of halogens is 1. The van der Waals surface area contributed by atoms with E-state index in [4.69, 9.17) is 4.74 Å². The van der Waals surface area contributed by atoms with E-state index in [1.165, 1.54) is 19.3 Å². The lowest BCUT2D eigenvalue weighted by Gasteiger charge is -2.20. The molecule has 0 heterocycles. The summed E-state index contributed by atoms with van der Waals surface area (Å²) in [6.45, 7) is 6.56. The lowest BCUT2D eigenvalue weighted by molar-refractivity contribution is 0.256. The lowest BCUT2D eigenvalue weighted by Crippen LogP contribution is -2.27. The summed E-state index contributed by atoms with van der Waals surface area (Å²) in [5, 5.41) is 3.66. The highest BCUT2D eigenvalue weighted by molar-refractivity contribution is 9.10. The standard InChI is InChI=1S/C17H26BrNO/c1-13(2)10-14(12-19-16-6-7-16)8-9-20-17-5-3-4-15(18)11-17/h3-5,11,13-14,16,19H,6-10,12H2,1-2H3. The van der Waals surface area contributed by atoms with Gasteiger partial charge in [-0.05, 0) is 62.3 Å². The Morgan fingerprint density at radius 2 is 2.15 bits per heavy atom. The van der Waals surface area contributed by atoms with E-state index in [2.05, 4.69) is 35.1 Å². The molecule has 0 amide bonds. The molecule has 0 spiro atoms. The van der Waals surface area contributed by atoms with Gasteiger partial charge in [0.2, 0.25) is 0 Å². The van der Waals surface area contributed by atoms with Crippen LogP contribution in [0.4, 0.5) is 0 Å². The molecule has 1 N–H and O–H groups in total. The van der Waals surface area contributed by atoms with Crippen LogP contribution in [0.2, 0.25) is 0 Å². The fraction of sp³-hybridized carbons (Fsp3) is 0.647. The molecule has 1 fully saturated rings. The van der Waals surface area contributed by atoms with E-state index in [-0.39, 0.29) is 0 Å². The maximum absolute atomic E-state index is 5.86. The summed E-state index contributed by atoms with van der Waals surface area (Å²) in [6, 6.07) is 8.88. The first kappa shape index (κ1) is 15.8. The third kappa shape index (κ3) is 6.27. The van der Waals surface area contributed by atoms with Crippen molar-refractivity contribution in [3.63, 3.8) is 0 Å². The van der Waals surface area contributed by atoms with Gasteiger partial charge in [-0.25, -0.2) is 0 Å². The molecule has 1 unspecified atom stereocenters. The number of benzene rings is 1. The zero-order chi connectivity index (χ0) is 14.4. The fourth-order valence-corrected chi connectivity index (χ4v) is 2.87. The van der Waals surface area contributed by atoms with E-state index in [1.54, 1.807) is 0 Å². The largest absolute Gasteiger partial charge is 0.494 e. The number of rotatable bonds is 9. The van der Waals surface area contributed by atoms with Crippen molar-refractivity contribution >= 4 is 15.9 Å². The second-order valence-corrected chi connectivity index (χ2v) is 7.19. The molecule has 1 aromatic rings. The third-order valence-corrected chi connectivity index (χ3v) is 4.16. The van der Waals surface area contributed by atoms with Crippen molar-refractivity contribution in [2.24, 2.45) is 11.8 Å². The van der Waals surface area contributed by atoms with E-state index >= 15 is 0 Å². The average molecular weight is 340 g/mol. The van der Waals surface area contributed by atoms with Gasteiger partial charge in [-0.1, -0.05) is 35.8 Å². The Balaban J connectivity index is 1.72. The summed E-state index contributed by atoms with van der Waals surface area (Å²) in [6.07, 6.45) is 5.14. The van der Waals surface area contributed by atoms with Gasteiger partial charge in [0.15, 0.2) is 0 Å². The Morgan fingerprint density at radius 1 is 1.35 bits per heavy atom. The van der Waals surface area contributed by atoms with Crippen molar-refractivity contribution in [1.29, 1.82) is 0 Å². The minimum Gasteiger partial charge on any atom is -0.494 e. The zero-order valence-electron chi connectivity index (χ0n) is 12.6. The summed E-state index contributed by atoms with van der Waals surface area (Å²) < 4.78 is 6.94.